The summed E-state index contributed by atoms with van der Waals surface area (Å²) in [6, 6.07) is 3.15. The van der Waals surface area contributed by atoms with E-state index in [-0.39, 0.29) is 29.2 Å². The highest BCUT2D eigenvalue weighted by molar-refractivity contribution is 9.10. The zero-order valence-electron chi connectivity index (χ0n) is 17.9. The molecular weight excluding hydrogens is 455 g/mol. The Kier molecular flexibility index (Phi) is 7.81. The monoisotopic (exact) mass is 484 g/mol. The first-order valence-electron chi connectivity index (χ1n) is 9.70. The smallest absolute Gasteiger partial charge is 0.240 e. The van der Waals surface area contributed by atoms with Crippen LogP contribution < -0.4 is 10.2 Å². The molecule has 0 aliphatic carbocycles. The highest BCUT2D eigenvalue weighted by Gasteiger charge is 2.36. The highest BCUT2D eigenvalue weighted by atomic mass is 79.9. The minimum absolute atomic E-state index is 0.0781. The molecule has 0 bridgehead atoms. The van der Waals surface area contributed by atoms with Gasteiger partial charge in [-0.05, 0) is 52.3 Å². The molecule has 29 heavy (non-hydrogen) atoms. The summed E-state index contributed by atoms with van der Waals surface area (Å²) in [7, 11) is -1.78. The normalized spacial score (nSPS) is 18.0. The van der Waals surface area contributed by atoms with E-state index in [1.807, 2.05) is 19.1 Å². The van der Waals surface area contributed by atoms with Gasteiger partial charge in [-0.15, -0.1) is 0 Å². The molecule has 1 atom stereocenters. The average molecular weight is 485 g/mol. The Balaban J connectivity index is 1.96. The Morgan fingerprint density at radius 1 is 1.31 bits per heavy atom. The number of hydrogen-bond donors (Lipinski definition) is 1. The van der Waals surface area contributed by atoms with E-state index in [2.05, 4.69) is 60.3 Å². The van der Waals surface area contributed by atoms with Crippen LogP contribution in [0.15, 0.2) is 33.9 Å². The Labute approximate surface area is 182 Å². The summed E-state index contributed by atoms with van der Waals surface area (Å²) in [5.74, 6) is -0.542. The fourth-order valence-electron chi connectivity index (χ4n) is 2.59. The fraction of sp³-hybridized carbons (Fsp3) is 0.524. The van der Waals surface area contributed by atoms with Crippen LogP contribution in [0, 0.1) is 11.7 Å². The maximum absolute atomic E-state index is 14.6. The molecule has 0 saturated carbocycles. The van der Waals surface area contributed by atoms with Crippen LogP contribution in [0.25, 0.3) is 0 Å². The van der Waals surface area contributed by atoms with Crippen molar-refractivity contribution in [1.82, 2.24) is 5.43 Å². The summed E-state index contributed by atoms with van der Waals surface area (Å²) in [6.45, 7) is 13.7. The average Bonchev–Trinajstić information content (AvgIpc) is 2.58. The molecule has 160 valence electrons. The number of hydrogen-bond acceptors (Lipinski definition) is 4. The Bertz CT molecular complexity index is 796. The van der Waals surface area contributed by atoms with Gasteiger partial charge in [0, 0.05) is 17.9 Å². The van der Waals surface area contributed by atoms with Crippen LogP contribution in [-0.2, 0) is 9.22 Å². The minimum Gasteiger partial charge on any atom is -0.485 e. The fourth-order valence-corrected chi connectivity index (χ4v) is 4.08. The predicted molar refractivity (Wildman–Crippen MR) is 120 cm³/mol. The molecule has 0 fully saturated rings. The van der Waals surface area contributed by atoms with Crippen molar-refractivity contribution in [2.24, 2.45) is 11.0 Å². The Hall–Kier alpha value is -1.51. The standard InChI is InChI=1S/C21H30BrFN2O3Si/c1-14-11-18(26)24-25-19(14)15-12-16(22)20(17(23)13-15)27-9-7-8-10-28-29(5,6)21(2,3)4/h7-8,12-14H,9-11H2,1-6H3,(H,24,26). The summed E-state index contributed by atoms with van der Waals surface area (Å²) >= 11 is 3.38. The van der Waals surface area contributed by atoms with Crippen LogP contribution in [0.2, 0.25) is 18.1 Å². The molecule has 1 heterocycles. The number of amides is 1. The van der Waals surface area contributed by atoms with Gasteiger partial charge in [-0.25, -0.2) is 9.82 Å². The Morgan fingerprint density at radius 3 is 2.55 bits per heavy atom. The molecule has 1 aliphatic heterocycles. The zero-order chi connectivity index (χ0) is 21.8. The van der Waals surface area contributed by atoms with Gasteiger partial charge < -0.3 is 9.16 Å². The topological polar surface area (TPSA) is 59.9 Å². The van der Waals surface area contributed by atoms with Crippen LogP contribution in [-0.4, -0.2) is 33.2 Å². The molecule has 5 nitrogen and oxygen atoms in total. The summed E-state index contributed by atoms with van der Waals surface area (Å²) in [4.78, 5) is 11.4. The molecule has 2 rings (SSSR count). The van der Waals surface area contributed by atoms with E-state index >= 15 is 0 Å². The first-order chi connectivity index (χ1) is 13.4. The molecule has 0 radical (unpaired) electrons. The van der Waals surface area contributed by atoms with Gasteiger partial charge in [-0.1, -0.05) is 33.8 Å². The molecule has 1 amide bonds. The van der Waals surface area contributed by atoms with E-state index in [1.54, 1.807) is 6.07 Å². The molecule has 1 aliphatic rings. The van der Waals surface area contributed by atoms with Crippen molar-refractivity contribution in [2.75, 3.05) is 13.2 Å². The first kappa shape index (κ1) is 23.8. The van der Waals surface area contributed by atoms with Crippen molar-refractivity contribution < 1.29 is 18.3 Å². The quantitative estimate of drug-likeness (QED) is 0.415. The van der Waals surface area contributed by atoms with Gasteiger partial charge in [0.1, 0.15) is 6.61 Å². The van der Waals surface area contributed by atoms with Gasteiger partial charge >= 0.3 is 0 Å². The second-order valence-electron chi connectivity index (χ2n) is 8.76. The van der Waals surface area contributed by atoms with Gasteiger partial charge in [0.15, 0.2) is 19.9 Å². The van der Waals surface area contributed by atoms with Gasteiger partial charge in [0.05, 0.1) is 16.8 Å². The van der Waals surface area contributed by atoms with Crippen LogP contribution in [0.5, 0.6) is 5.75 Å². The van der Waals surface area contributed by atoms with Gasteiger partial charge in [-0.3, -0.25) is 4.79 Å². The molecule has 8 heteroatoms. The van der Waals surface area contributed by atoms with Crippen molar-refractivity contribution in [3.05, 3.63) is 40.1 Å². The molecule has 0 aromatic heterocycles. The third-order valence-electron chi connectivity index (χ3n) is 5.39. The van der Waals surface area contributed by atoms with Crippen molar-refractivity contribution >= 4 is 35.9 Å². The SMILES string of the molecule is CC1CC(=O)NN=C1c1cc(F)c(OCC=CCO[Si](C)(C)C(C)(C)C)c(Br)c1. The van der Waals surface area contributed by atoms with E-state index in [1.165, 1.54) is 6.07 Å². The zero-order valence-corrected chi connectivity index (χ0v) is 20.5. The Morgan fingerprint density at radius 2 is 1.97 bits per heavy atom. The van der Waals surface area contributed by atoms with E-state index < -0.39 is 14.1 Å². The molecule has 1 N–H and O–H groups in total. The minimum atomic E-state index is -1.78. The second-order valence-corrected chi connectivity index (χ2v) is 14.4. The highest BCUT2D eigenvalue weighted by Crippen LogP contribution is 2.36. The summed E-state index contributed by atoms with van der Waals surface area (Å²) in [6.07, 6.45) is 4.07. The van der Waals surface area contributed by atoms with Gasteiger partial charge in [-0.2, -0.15) is 5.10 Å². The third kappa shape index (κ3) is 6.23. The number of halogens is 2. The van der Waals surface area contributed by atoms with Gasteiger partial charge in [0.2, 0.25) is 5.91 Å². The van der Waals surface area contributed by atoms with E-state index in [0.717, 1.165) is 0 Å². The molecule has 1 aromatic carbocycles. The third-order valence-corrected chi connectivity index (χ3v) is 10.5. The second kappa shape index (κ2) is 9.53. The molecular formula is C21H30BrFN2O3Si. The number of carbonyl (C=O) groups excluding carboxylic acids is 1. The summed E-state index contributed by atoms with van der Waals surface area (Å²) in [5, 5.41) is 4.24. The van der Waals surface area contributed by atoms with Crippen LogP contribution in [0.1, 0.15) is 39.7 Å². The number of benzene rings is 1. The lowest BCUT2D eigenvalue weighted by Crippen LogP contribution is -2.40. The number of ether oxygens (including phenoxy) is 1. The van der Waals surface area contributed by atoms with Crippen LogP contribution in [0.3, 0.4) is 0 Å². The van der Waals surface area contributed by atoms with Crippen molar-refractivity contribution in [3.63, 3.8) is 0 Å². The maximum Gasteiger partial charge on any atom is 0.240 e. The van der Waals surface area contributed by atoms with Crippen LogP contribution in [0.4, 0.5) is 4.39 Å². The lowest BCUT2D eigenvalue weighted by atomic mass is 9.94. The van der Waals surface area contributed by atoms with Crippen molar-refractivity contribution in [1.29, 1.82) is 0 Å². The molecule has 0 spiro atoms. The van der Waals surface area contributed by atoms with E-state index in [0.29, 0.717) is 28.8 Å². The maximum atomic E-state index is 14.6. The van der Waals surface area contributed by atoms with E-state index in [9.17, 15) is 9.18 Å². The number of carbonyl (C=O) groups is 1. The molecule has 1 unspecified atom stereocenters. The number of rotatable bonds is 7. The lowest BCUT2D eigenvalue weighted by molar-refractivity contribution is -0.121. The molecule has 0 saturated heterocycles. The lowest BCUT2D eigenvalue weighted by Gasteiger charge is -2.35. The number of nitrogens with zero attached hydrogens (tertiary/aromatic N) is 1. The first-order valence-corrected chi connectivity index (χ1v) is 13.4. The van der Waals surface area contributed by atoms with Crippen molar-refractivity contribution in [2.45, 2.75) is 52.2 Å². The van der Waals surface area contributed by atoms with Gasteiger partial charge in [0.25, 0.3) is 0 Å². The largest absolute Gasteiger partial charge is 0.485 e. The number of nitrogens with one attached hydrogen (secondary N) is 1. The predicted octanol–water partition coefficient (Wildman–Crippen LogP) is 5.41. The molecule has 1 aromatic rings. The van der Waals surface area contributed by atoms with Crippen LogP contribution >= 0.6 is 15.9 Å². The number of hydrazone groups is 1. The van der Waals surface area contributed by atoms with Crippen molar-refractivity contribution in [3.8, 4) is 5.75 Å². The van der Waals surface area contributed by atoms with E-state index in [4.69, 9.17) is 9.16 Å². The summed E-state index contributed by atoms with van der Waals surface area (Å²) < 4.78 is 26.8. The summed E-state index contributed by atoms with van der Waals surface area (Å²) in [5.41, 5.74) is 3.72.